The van der Waals surface area contributed by atoms with Gasteiger partial charge in [0.15, 0.2) is 0 Å². The monoisotopic (exact) mass is 322 g/mol. The highest BCUT2D eigenvalue weighted by atomic mass is 17.2. The van der Waals surface area contributed by atoms with Crippen molar-refractivity contribution < 1.29 is 24.5 Å². The Balaban J connectivity index is 0.00000108. The van der Waals surface area contributed by atoms with Crippen LogP contribution in [0.25, 0.3) is 6.08 Å². The molecule has 1 aromatic rings. The Hall–Kier alpha value is -2.14. The Morgan fingerprint density at radius 2 is 1.74 bits per heavy atom. The third kappa shape index (κ3) is 13.3. The van der Waals surface area contributed by atoms with Gasteiger partial charge in [0, 0.05) is 13.0 Å². The molecule has 0 heterocycles. The van der Waals surface area contributed by atoms with E-state index in [4.69, 9.17) is 9.90 Å². The van der Waals surface area contributed by atoms with E-state index in [9.17, 15) is 4.79 Å². The molecule has 0 amide bonds. The summed E-state index contributed by atoms with van der Waals surface area (Å²) in [5, 5.41) is 7.42. The van der Waals surface area contributed by atoms with Crippen molar-refractivity contribution in [2.75, 3.05) is 7.11 Å². The van der Waals surface area contributed by atoms with Crippen LogP contribution >= 0.6 is 0 Å². The Labute approximate surface area is 137 Å². The summed E-state index contributed by atoms with van der Waals surface area (Å²) < 4.78 is 0. The van der Waals surface area contributed by atoms with Crippen LogP contribution in [0.4, 0.5) is 0 Å². The molecule has 0 aliphatic carbocycles. The van der Waals surface area contributed by atoms with E-state index >= 15 is 0 Å². The molecule has 0 radical (unpaired) electrons. The number of hydrogen-bond acceptors (Lipinski definition) is 4. The lowest BCUT2D eigenvalue weighted by Crippen LogP contribution is -1.97. The topological polar surface area (TPSA) is 72.8 Å². The largest absolute Gasteiger partial charge is 0.481 e. The van der Waals surface area contributed by atoms with Crippen molar-refractivity contribution in [3.05, 3.63) is 41.5 Å². The number of hydrogen-bond donors (Lipinski definition) is 1. The average molecular weight is 322 g/mol. The van der Waals surface area contributed by atoms with Crippen LogP contribution in [0, 0.1) is 0 Å². The first-order chi connectivity index (χ1) is 11.0. The number of carbonyl (C=O) groups excluding carboxylic acids is 1. The number of benzene rings is 1. The first-order valence-electron chi connectivity index (χ1n) is 7.70. The van der Waals surface area contributed by atoms with Gasteiger partial charge in [-0.3, -0.25) is 9.68 Å². The number of carboxylic acid groups (broad SMARTS) is 1. The lowest BCUT2D eigenvalue weighted by Gasteiger charge is -2.02. The first kappa shape index (κ1) is 20.9. The maximum atomic E-state index is 11.1. The standard InChI is InChI=1S/C16H22O3.C2H4O2/c1-3-4-5-6-7-14-8-10-15(11-9-14)12-13-16(17)19-18-2;1-2(3)4/h8-13H,3-7H2,1-2H3;1H3,(H,3,4). The number of aliphatic carboxylic acids is 1. The van der Waals surface area contributed by atoms with Crippen LogP contribution in [0.15, 0.2) is 30.3 Å². The summed E-state index contributed by atoms with van der Waals surface area (Å²) in [6.45, 7) is 3.30. The summed E-state index contributed by atoms with van der Waals surface area (Å²) in [7, 11) is 1.30. The normalized spacial score (nSPS) is 10.0. The molecule has 5 heteroatoms. The van der Waals surface area contributed by atoms with Gasteiger partial charge in [-0.15, -0.1) is 0 Å². The molecular formula is C18H26O5. The molecule has 128 valence electrons. The molecule has 5 nitrogen and oxygen atoms in total. The minimum Gasteiger partial charge on any atom is -0.481 e. The summed E-state index contributed by atoms with van der Waals surface area (Å²) in [6.07, 6.45) is 9.28. The molecule has 0 atom stereocenters. The van der Waals surface area contributed by atoms with Crippen molar-refractivity contribution in [1.29, 1.82) is 0 Å². The number of aryl methyl sites for hydroxylation is 1. The Kier molecular flexibility index (Phi) is 12.3. The van der Waals surface area contributed by atoms with Crippen LogP contribution in [0.1, 0.15) is 50.7 Å². The van der Waals surface area contributed by atoms with Crippen LogP contribution in [0.3, 0.4) is 0 Å². The van der Waals surface area contributed by atoms with Gasteiger partial charge in [0.2, 0.25) is 0 Å². The van der Waals surface area contributed by atoms with E-state index in [0.717, 1.165) is 18.9 Å². The second kappa shape index (κ2) is 13.5. The zero-order valence-corrected chi connectivity index (χ0v) is 14.1. The second-order valence-corrected chi connectivity index (χ2v) is 4.97. The summed E-state index contributed by atoms with van der Waals surface area (Å²) in [5.74, 6) is -1.34. The highest BCUT2D eigenvalue weighted by Gasteiger charge is 1.97. The molecule has 23 heavy (non-hydrogen) atoms. The summed E-state index contributed by atoms with van der Waals surface area (Å²) in [6, 6.07) is 8.22. The number of carbonyl (C=O) groups is 2. The fraction of sp³-hybridized carbons (Fsp3) is 0.444. The Morgan fingerprint density at radius 3 is 2.26 bits per heavy atom. The smallest absolute Gasteiger partial charge is 0.365 e. The fourth-order valence-electron chi connectivity index (χ4n) is 1.83. The molecule has 1 N–H and O–H groups in total. The first-order valence-corrected chi connectivity index (χ1v) is 7.70. The van der Waals surface area contributed by atoms with Gasteiger partial charge in [0.1, 0.15) is 0 Å². The van der Waals surface area contributed by atoms with Crippen LogP contribution in [-0.4, -0.2) is 24.2 Å². The fourth-order valence-corrected chi connectivity index (χ4v) is 1.83. The SMILES string of the molecule is CC(=O)O.CCCCCCc1ccc(C=CC(=O)OOC)cc1. The van der Waals surface area contributed by atoms with Crippen molar-refractivity contribution in [2.24, 2.45) is 0 Å². The van der Waals surface area contributed by atoms with Crippen LogP contribution in [0.2, 0.25) is 0 Å². The lowest BCUT2D eigenvalue weighted by atomic mass is 10.0. The molecule has 0 aromatic heterocycles. The minimum atomic E-state index is -0.833. The van der Waals surface area contributed by atoms with Gasteiger partial charge < -0.3 is 5.11 Å². The zero-order valence-electron chi connectivity index (χ0n) is 14.1. The van der Waals surface area contributed by atoms with Gasteiger partial charge in [-0.05, 0) is 30.0 Å². The third-order valence-corrected chi connectivity index (χ3v) is 2.88. The van der Waals surface area contributed by atoms with Gasteiger partial charge in [0.05, 0.1) is 7.11 Å². The molecule has 0 aliphatic rings. The lowest BCUT2D eigenvalue weighted by molar-refractivity contribution is -0.249. The molecule has 0 aliphatic heterocycles. The molecular weight excluding hydrogens is 296 g/mol. The van der Waals surface area contributed by atoms with Crippen molar-refractivity contribution in [3.8, 4) is 0 Å². The van der Waals surface area contributed by atoms with Gasteiger partial charge in [0.25, 0.3) is 5.97 Å². The summed E-state index contributed by atoms with van der Waals surface area (Å²) >= 11 is 0. The molecule has 0 saturated heterocycles. The third-order valence-electron chi connectivity index (χ3n) is 2.88. The molecule has 0 unspecified atom stereocenters. The number of carboxylic acids is 1. The van der Waals surface area contributed by atoms with E-state index < -0.39 is 11.9 Å². The van der Waals surface area contributed by atoms with Crippen molar-refractivity contribution >= 4 is 18.0 Å². The number of unbranched alkanes of at least 4 members (excludes halogenated alkanes) is 3. The predicted molar refractivity (Wildman–Crippen MR) is 89.7 cm³/mol. The summed E-state index contributed by atoms with van der Waals surface area (Å²) in [4.78, 5) is 28.7. The van der Waals surface area contributed by atoms with Crippen molar-refractivity contribution in [1.82, 2.24) is 0 Å². The van der Waals surface area contributed by atoms with Crippen molar-refractivity contribution in [2.45, 2.75) is 46.0 Å². The highest BCUT2D eigenvalue weighted by molar-refractivity contribution is 5.86. The Bertz CT molecular complexity index is 473. The van der Waals surface area contributed by atoms with Gasteiger partial charge in [-0.25, -0.2) is 4.79 Å². The predicted octanol–water partition coefficient (Wildman–Crippen LogP) is 4.02. The maximum absolute atomic E-state index is 11.1. The zero-order chi connectivity index (χ0) is 17.5. The molecule has 0 bridgehead atoms. The average Bonchev–Trinajstić information content (AvgIpc) is 2.50. The summed E-state index contributed by atoms with van der Waals surface area (Å²) in [5.41, 5.74) is 2.32. The van der Waals surface area contributed by atoms with E-state index in [-0.39, 0.29) is 0 Å². The van der Waals surface area contributed by atoms with Crippen LogP contribution in [0.5, 0.6) is 0 Å². The van der Waals surface area contributed by atoms with Gasteiger partial charge in [-0.1, -0.05) is 50.5 Å². The van der Waals surface area contributed by atoms with E-state index in [1.165, 1.54) is 44.4 Å². The van der Waals surface area contributed by atoms with Gasteiger partial charge >= 0.3 is 5.97 Å². The van der Waals surface area contributed by atoms with Crippen molar-refractivity contribution in [3.63, 3.8) is 0 Å². The second-order valence-electron chi connectivity index (χ2n) is 4.97. The molecule has 0 saturated carbocycles. The van der Waals surface area contributed by atoms with Gasteiger partial charge in [-0.2, -0.15) is 4.89 Å². The number of rotatable bonds is 8. The maximum Gasteiger partial charge on any atom is 0.365 e. The molecule has 1 aromatic carbocycles. The minimum absolute atomic E-state index is 0.508. The van der Waals surface area contributed by atoms with Crippen LogP contribution < -0.4 is 0 Å². The quantitative estimate of drug-likeness (QED) is 0.339. The van der Waals surface area contributed by atoms with E-state index in [2.05, 4.69) is 28.8 Å². The van der Waals surface area contributed by atoms with E-state index in [1.54, 1.807) is 6.08 Å². The molecule has 0 fully saturated rings. The Morgan fingerprint density at radius 1 is 1.13 bits per heavy atom. The molecule has 0 spiro atoms. The van der Waals surface area contributed by atoms with Crippen LogP contribution in [-0.2, 0) is 25.8 Å². The molecule has 1 rings (SSSR count). The highest BCUT2D eigenvalue weighted by Crippen LogP contribution is 2.10. The van der Waals surface area contributed by atoms with E-state index in [1.807, 2.05) is 12.1 Å². The van der Waals surface area contributed by atoms with E-state index in [0.29, 0.717) is 0 Å².